The van der Waals surface area contributed by atoms with Crippen molar-refractivity contribution in [3.05, 3.63) is 29.8 Å². The molecule has 1 amide bonds. The van der Waals surface area contributed by atoms with Crippen molar-refractivity contribution in [3.8, 4) is 5.75 Å². The van der Waals surface area contributed by atoms with Gasteiger partial charge in [-0.15, -0.1) is 0 Å². The molecule has 0 bridgehead atoms. The highest BCUT2D eigenvalue weighted by Gasteiger charge is 2.28. The number of esters is 1. The van der Waals surface area contributed by atoms with Crippen LogP contribution in [0.3, 0.4) is 0 Å². The van der Waals surface area contributed by atoms with Crippen molar-refractivity contribution in [2.45, 2.75) is 71.1 Å². The summed E-state index contributed by atoms with van der Waals surface area (Å²) < 4.78 is 10.7. The first-order valence-electron chi connectivity index (χ1n) is 11.3. The molecule has 1 aromatic carbocycles. The molecule has 1 aliphatic heterocycles. The van der Waals surface area contributed by atoms with Gasteiger partial charge in [0, 0.05) is 18.7 Å². The maximum absolute atomic E-state index is 12.7. The fraction of sp³-hybridized carbons (Fsp3) is 0.667. The fourth-order valence-electron chi connectivity index (χ4n) is 3.78. The summed E-state index contributed by atoms with van der Waals surface area (Å²) in [6, 6.07) is 7.20. The SMILES string of the molecule is CCCCCCCCCCOC(=O)C1CCN(C(=O)c2cccc(OC)c2)CC1. The monoisotopic (exact) mass is 403 g/mol. The van der Waals surface area contributed by atoms with E-state index in [-0.39, 0.29) is 17.8 Å². The summed E-state index contributed by atoms with van der Waals surface area (Å²) in [6.45, 7) is 3.94. The normalized spacial score (nSPS) is 14.6. The molecule has 0 aromatic heterocycles. The van der Waals surface area contributed by atoms with Gasteiger partial charge in [-0.1, -0.05) is 57.9 Å². The van der Waals surface area contributed by atoms with Gasteiger partial charge < -0.3 is 14.4 Å². The predicted octanol–water partition coefficient (Wildman–Crippen LogP) is 5.23. The Morgan fingerprint density at radius 3 is 2.31 bits per heavy atom. The molecule has 5 nitrogen and oxygen atoms in total. The van der Waals surface area contributed by atoms with Gasteiger partial charge in [0.15, 0.2) is 0 Å². The number of ether oxygens (including phenoxy) is 2. The van der Waals surface area contributed by atoms with Crippen LogP contribution in [0.1, 0.15) is 81.5 Å². The zero-order chi connectivity index (χ0) is 20.9. The molecular weight excluding hydrogens is 366 g/mol. The third-order valence-corrected chi connectivity index (χ3v) is 5.67. The van der Waals surface area contributed by atoms with Gasteiger partial charge >= 0.3 is 5.97 Å². The minimum absolute atomic E-state index is 0.00495. The van der Waals surface area contributed by atoms with E-state index in [4.69, 9.17) is 9.47 Å². The summed E-state index contributed by atoms with van der Waals surface area (Å²) in [5, 5.41) is 0. The van der Waals surface area contributed by atoms with Gasteiger partial charge in [-0.05, 0) is 37.5 Å². The first-order chi connectivity index (χ1) is 14.2. The second-order valence-electron chi connectivity index (χ2n) is 7.94. The number of piperidine rings is 1. The van der Waals surface area contributed by atoms with Crippen molar-refractivity contribution in [1.82, 2.24) is 4.90 Å². The van der Waals surface area contributed by atoms with Crippen LogP contribution in [0.15, 0.2) is 24.3 Å². The second kappa shape index (κ2) is 13.2. The summed E-state index contributed by atoms with van der Waals surface area (Å²) in [5.41, 5.74) is 0.625. The summed E-state index contributed by atoms with van der Waals surface area (Å²) in [6.07, 6.45) is 11.2. The van der Waals surface area contributed by atoms with Crippen molar-refractivity contribution in [2.24, 2.45) is 5.92 Å². The molecule has 162 valence electrons. The number of benzene rings is 1. The number of hydrogen-bond acceptors (Lipinski definition) is 4. The Morgan fingerprint density at radius 2 is 1.66 bits per heavy atom. The van der Waals surface area contributed by atoms with Gasteiger partial charge in [0.05, 0.1) is 19.6 Å². The molecule has 1 aromatic rings. The molecule has 0 N–H and O–H groups in total. The Bertz CT molecular complexity index is 623. The van der Waals surface area contributed by atoms with E-state index in [2.05, 4.69) is 6.92 Å². The number of likely N-dealkylation sites (tertiary alicyclic amines) is 1. The van der Waals surface area contributed by atoms with Gasteiger partial charge in [-0.3, -0.25) is 9.59 Å². The lowest BCUT2D eigenvalue weighted by Gasteiger charge is -2.31. The van der Waals surface area contributed by atoms with Crippen molar-refractivity contribution >= 4 is 11.9 Å². The van der Waals surface area contributed by atoms with E-state index in [9.17, 15) is 9.59 Å². The maximum Gasteiger partial charge on any atom is 0.309 e. The van der Waals surface area contributed by atoms with E-state index < -0.39 is 0 Å². The molecule has 1 saturated heterocycles. The number of unbranched alkanes of at least 4 members (excludes halogenated alkanes) is 7. The average molecular weight is 404 g/mol. The van der Waals surface area contributed by atoms with Crippen LogP contribution < -0.4 is 4.74 Å². The molecule has 1 heterocycles. The molecular formula is C24H37NO4. The average Bonchev–Trinajstić information content (AvgIpc) is 2.77. The van der Waals surface area contributed by atoms with Crippen LogP contribution in [0, 0.1) is 5.92 Å². The van der Waals surface area contributed by atoms with Crippen molar-refractivity contribution in [3.63, 3.8) is 0 Å². The Hall–Kier alpha value is -2.04. The van der Waals surface area contributed by atoms with E-state index in [0.717, 1.165) is 12.8 Å². The molecule has 29 heavy (non-hydrogen) atoms. The van der Waals surface area contributed by atoms with Crippen LogP contribution >= 0.6 is 0 Å². The first-order valence-corrected chi connectivity index (χ1v) is 11.3. The largest absolute Gasteiger partial charge is 0.497 e. The molecule has 5 heteroatoms. The molecule has 0 aliphatic carbocycles. The predicted molar refractivity (Wildman–Crippen MR) is 115 cm³/mol. The summed E-state index contributed by atoms with van der Waals surface area (Å²) >= 11 is 0. The Labute approximate surface area is 175 Å². The van der Waals surface area contributed by atoms with Crippen molar-refractivity contribution < 1.29 is 19.1 Å². The number of carbonyl (C=O) groups is 2. The summed E-state index contributed by atoms with van der Waals surface area (Å²) in [5.74, 6) is 0.491. The Morgan fingerprint density at radius 1 is 1.00 bits per heavy atom. The molecule has 1 fully saturated rings. The first kappa shape index (κ1) is 23.2. The number of methoxy groups -OCH3 is 1. The lowest BCUT2D eigenvalue weighted by molar-refractivity contribution is -0.150. The number of amides is 1. The number of hydrogen-bond donors (Lipinski definition) is 0. The molecule has 2 rings (SSSR count). The van der Waals surface area contributed by atoms with E-state index in [1.807, 2.05) is 17.0 Å². The van der Waals surface area contributed by atoms with E-state index in [1.54, 1.807) is 19.2 Å². The topological polar surface area (TPSA) is 55.8 Å². The quantitative estimate of drug-likeness (QED) is 0.354. The zero-order valence-electron chi connectivity index (χ0n) is 18.2. The van der Waals surface area contributed by atoms with Gasteiger partial charge in [-0.25, -0.2) is 0 Å². The highest BCUT2D eigenvalue weighted by Crippen LogP contribution is 2.22. The van der Waals surface area contributed by atoms with Crippen LogP contribution in [0.2, 0.25) is 0 Å². The highest BCUT2D eigenvalue weighted by molar-refractivity contribution is 5.94. The minimum Gasteiger partial charge on any atom is -0.497 e. The third-order valence-electron chi connectivity index (χ3n) is 5.67. The molecule has 1 aliphatic rings. The lowest BCUT2D eigenvalue weighted by atomic mass is 9.96. The van der Waals surface area contributed by atoms with Crippen LogP contribution in [0.5, 0.6) is 5.75 Å². The van der Waals surface area contributed by atoms with Crippen molar-refractivity contribution in [2.75, 3.05) is 26.8 Å². The maximum atomic E-state index is 12.7. The van der Waals surface area contributed by atoms with E-state index in [1.165, 1.54) is 38.5 Å². The highest BCUT2D eigenvalue weighted by atomic mass is 16.5. The molecule has 0 atom stereocenters. The van der Waals surface area contributed by atoms with Crippen LogP contribution in [0.4, 0.5) is 0 Å². The second-order valence-corrected chi connectivity index (χ2v) is 7.94. The summed E-state index contributed by atoms with van der Waals surface area (Å²) in [4.78, 5) is 26.8. The fourth-order valence-corrected chi connectivity index (χ4v) is 3.78. The third kappa shape index (κ3) is 8.08. The Kier molecular flexibility index (Phi) is 10.6. The van der Waals surface area contributed by atoms with Gasteiger partial charge in [-0.2, -0.15) is 0 Å². The van der Waals surface area contributed by atoms with E-state index in [0.29, 0.717) is 43.9 Å². The molecule has 0 spiro atoms. The van der Waals surface area contributed by atoms with Crippen LogP contribution in [0.25, 0.3) is 0 Å². The van der Waals surface area contributed by atoms with Gasteiger partial charge in [0.2, 0.25) is 0 Å². The minimum atomic E-state index is -0.0959. The van der Waals surface area contributed by atoms with Crippen molar-refractivity contribution in [1.29, 1.82) is 0 Å². The molecule has 0 unspecified atom stereocenters. The smallest absolute Gasteiger partial charge is 0.309 e. The Balaban J connectivity index is 1.60. The number of rotatable bonds is 12. The van der Waals surface area contributed by atoms with E-state index >= 15 is 0 Å². The molecule has 0 radical (unpaired) electrons. The van der Waals surface area contributed by atoms with Gasteiger partial charge in [0.25, 0.3) is 5.91 Å². The molecule has 0 saturated carbocycles. The number of nitrogens with zero attached hydrogens (tertiary/aromatic N) is 1. The zero-order valence-corrected chi connectivity index (χ0v) is 18.2. The lowest BCUT2D eigenvalue weighted by Crippen LogP contribution is -2.40. The standard InChI is InChI=1S/C24H37NO4/c1-3-4-5-6-7-8-9-10-18-29-24(27)20-14-16-25(17-15-20)23(26)21-12-11-13-22(19-21)28-2/h11-13,19-20H,3-10,14-18H2,1-2H3. The number of carbonyl (C=O) groups excluding carboxylic acids is 2. The summed E-state index contributed by atoms with van der Waals surface area (Å²) in [7, 11) is 1.59. The van der Waals surface area contributed by atoms with Crippen LogP contribution in [-0.2, 0) is 9.53 Å². The van der Waals surface area contributed by atoms with Crippen LogP contribution in [-0.4, -0.2) is 43.6 Å². The van der Waals surface area contributed by atoms with Gasteiger partial charge in [0.1, 0.15) is 5.75 Å².